The van der Waals surface area contributed by atoms with E-state index < -0.39 is 9.84 Å². The number of aryl methyl sites for hydroxylation is 2. The lowest BCUT2D eigenvalue weighted by Gasteiger charge is -2.28. The van der Waals surface area contributed by atoms with Crippen molar-refractivity contribution in [3.63, 3.8) is 0 Å². The first-order valence-electron chi connectivity index (χ1n) is 10.2. The summed E-state index contributed by atoms with van der Waals surface area (Å²) >= 11 is 0. The molecular weight excluding hydrogens is 398 g/mol. The average molecular weight is 426 g/mol. The molecule has 0 spiro atoms. The Bertz CT molecular complexity index is 1200. The van der Waals surface area contributed by atoms with Crippen LogP contribution in [-0.2, 0) is 9.84 Å². The number of fused-ring (bicyclic) bond motifs is 1. The molecule has 0 saturated carbocycles. The molecule has 0 unspecified atom stereocenters. The normalized spacial score (nSPS) is 17.1. The van der Waals surface area contributed by atoms with Crippen LogP contribution in [0.3, 0.4) is 0 Å². The third-order valence-electron chi connectivity index (χ3n) is 5.97. The van der Waals surface area contributed by atoms with Gasteiger partial charge in [0, 0.05) is 30.1 Å². The molecule has 1 aliphatic rings. The lowest BCUT2D eigenvalue weighted by atomic mass is 9.98. The van der Waals surface area contributed by atoms with Gasteiger partial charge in [-0.1, -0.05) is 18.2 Å². The second-order valence-electron chi connectivity index (χ2n) is 8.02. The van der Waals surface area contributed by atoms with Crippen LogP contribution < -0.4 is 10.2 Å². The summed E-state index contributed by atoms with van der Waals surface area (Å²) in [6.45, 7) is 9.20. The summed E-state index contributed by atoms with van der Waals surface area (Å²) in [5, 5.41) is 14.1. The number of sulfone groups is 1. The molecule has 1 N–H and O–H groups in total. The van der Waals surface area contributed by atoms with Crippen molar-refractivity contribution in [2.24, 2.45) is 0 Å². The molecule has 3 aromatic rings. The zero-order chi connectivity index (χ0) is 21.5. The van der Waals surface area contributed by atoms with Gasteiger partial charge in [0.05, 0.1) is 23.2 Å². The number of hydrogen-bond acceptors (Lipinski definition) is 7. The molecular formula is C22H27N5O2S. The summed E-state index contributed by atoms with van der Waals surface area (Å²) in [4.78, 5) is 6.60. The highest BCUT2D eigenvalue weighted by Gasteiger charge is 2.23. The topological polar surface area (TPSA) is 88.1 Å². The van der Waals surface area contributed by atoms with Gasteiger partial charge in [0.2, 0.25) is 0 Å². The standard InChI is InChI=1S/C22H27N5O2S/c1-14-6-5-7-18(15(14)2)16(3)24-22-19-12-21(23-13-20(19)17(4)25-26-22)27-8-10-30(28,29)11-9-27/h5-7,12-13,16H,8-11H2,1-4H3,(H,24,26)/t16-/m1/s1. The van der Waals surface area contributed by atoms with Crippen molar-refractivity contribution >= 4 is 32.2 Å². The van der Waals surface area contributed by atoms with Gasteiger partial charge in [-0.2, -0.15) is 5.10 Å². The third-order valence-corrected chi connectivity index (χ3v) is 7.58. The molecule has 2 aromatic heterocycles. The molecule has 8 heteroatoms. The maximum absolute atomic E-state index is 11.8. The van der Waals surface area contributed by atoms with Crippen molar-refractivity contribution < 1.29 is 8.42 Å². The maximum atomic E-state index is 11.8. The summed E-state index contributed by atoms with van der Waals surface area (Å²) < 4.78 is 23.5. The lowest BCUT2D eigenvalue weighted by Crippen LogP contribution is -2.40. The summed E-state index contributed by atoms with van der Waals surface area (Å²) in [6.07, 6.45) is 1.81. The van der Waals surface area contributed by atoms with E-state index in [0.717, 1.165) is 22.3 Å². The van der Waals surface area contributed by atoms with Gasteiger partial charge in [0.15, 0.2) is 15.7 Å². The average Bonchev–Trinajstić information content (AvgIpc) is 2.72. The molecule has 0 bridgehead atoms. The number of aromatic nitrogens is 3. The minimum Gasteiger partial charge on any atom is -0.362 e. The van der Waals surface area contributed by atoms with E-state index in [2.05, 4.69) is 59.5 Å². The van der Waals surface area contributed by atoms with Crippen LogP contribution in [0.5, 0.6) is 0 Å². The van der Waals surface area contributed by atoms with E-state index in [4.69, 9.17) is 0 Å². The molecule has 3 heterocycles. The Hall–Kier alpha value is -2.74. The fourth-order valence-electron chi connectivity index (χ4n) is 3.91. The molecule has 1 saturated heterocycles. The third kappa shape index (κ3) is 3.96. The predicted molar refractivity (Wildman–Crippen MR) is 121 cm³/mol. The number of nitrogens with one attached hydrogen (secondary N) is 1. The molecule has 1 fully saturated rings. The highest BCUT2D eigenvalue weighted by Crippen LogP contribution is 2.30. The van der Waals surface area contributed by atoms with Crippen LogP contribution in [0, 0.1) is 20.8 Å². The number of benzene rings is 1. The van der Waals surface area contributed by atoms with E-state index in [9.17, 15) is 8.42 Å². The quantitative estimate of drug-likeness (QED) is 0.686. The first-order valence-corrected chi connectivity index (χ1v) is 12.0. The first kappa shape index (κ1) is 20.5. The summed E-state index contributed by atoms with van der Waals surface area (Å²) in [6, 6.07) is 8.37. The van der Waals surface area contributed by atoms with Crippen molar-refractivity contribution in [3.05, 3.63) is 52.8 Å². The van der Waals surface area contributed by atoms with E-state index >= 15 is 0 Å². The SMILES string of the molecule is Cc1cccc([C@@H](C)Nc2nnc(C)c3cnc(N4CCS(=O)(=O)CC4)cc23)c1C. The molecule has 4 rings (SSSR count). The van der Waals surface area contributed by atoms with Gasteiger partial charge < -0.3 is 10.2 Å². The van der Waals surface area contributed by atoms with Crippen molar-refractivity contribution in [2.45, 2.75) is 33.7 Å². The molecule has 30 heavy (non-hydrogen) atoms. The second-order valence-corrected chi connectivity index (χ2v) is 10.3. The molecule has 158 valence electrons. The Morgan fingerprint density at radius 2 is 1.80 bits per heavy atom. The summed E-state index contributed by atoms with van der Waals surface area (Å²) in [5.74, 6) is 1.80. The van der Waals surface area contributed by atoms with Gasteiger partial charge in [-0.25, -0.2) is 13.4 Å². The van der Waals surface area contributed by atoms with Gasteiger partial charge in [0.1, 0.15) is 5.82 Å². The smallest absolute Gasteiger partial charge is 0.157 e. The molecule has 0 amide bonds. The van der Waals surface area contributed by atoms with E-state index in [1.54, 1.807) is 0 Å². The Morgan fingerprint density at radius 1 is 1.07 bits per heavy atom. The van der Waals surface area contributed by atoms with E-state index in [1.165, 1.54) is 16.7 Å². The number of pyridine rings is 1. The van der Waals surface area contributed by atoms with Crippen LogP contribution in [-0.4, -0.2) is 48.2 Å². The number of rotatable bonds is 4. The van der Waals surface area contributed by atoms with Gasteiger partial charge in [-0.15, -0.1) is 5.10 Å². The molecule has 1 aromatic carbocycles. The van der Waals surface area contributed by atoms with Crippen molar-refractivity contribution in [1.82, 2.24) is 15.2 Å². The minimum absolute atomic E-state index is 0.0573. The van der Waals surface area contributed by atoms with E-state index in [1.807, 2.05) is 24.1 Å². The Kier molecular flexibility index (Phi) is 5.36. The van der Waals surface area contributed by atoms with E-state index in [-0.39, 0.29) is 17.5 Å². The van der Waals surface area contributed by atoms with Gasteiger partial charge in [-0.3, -0.25) is 0 Å². The summed E-state index contributed by atoms with van der Waals surface area (Å²) in [7, 11) is -2.94. The van der Waals surface area contributed by atoms with Gasteiger partial charge in [0.25, 0.3) is 0 Å². The van der Waals surface area contributed by atoms with Crippen molar-refractivity contribution in [2.75, 3.05) is 34.8 Å². The lowest BCUT2D eigenvalue weighted by molar-refractivity contribution is 0.586. The fourth-order valence-corrected chi connectivity index (χ4v) is 5.11. The zero-order valence-electron chi connectivity index (χ0n) is 17.8. The first-order chi connectivity index (χ1) is 14.2. The zero-order valence-corrected chi connectivity index (χ0v) is 18.6. The highest BCUT2D eigenvalue weighted by atomic mass is 32.2. The minimum atomic E-state index is -2.94. The number of hydrogen-bond donors (Lipinski definition) is 1. The van der Waals surface area contributed by atoms with Crippen LogP contribution in [0.15, 0.2) is 30.5 Å². The maximum Gasteiger partial charge on any atom is 0.157 e. The van der Waals surface area contributed by atoms with Crippen LogP contribution in [0.25, 0.3) is 10.8 Å². The molecule has 7 nitrogen and oxygen atoms in total. The largest absolute Gasteiger partial charge is 0.362 e. The Balaban J connectivity index is 1.69. The van der Waals surface area contributed by atoms with Crippen LogP contribution >= 0.6 is 0 Å². The number of anilines is 2. The van der Waals surface area contributed by atoms with Crippen molar-refractivity contribution in [1.29, 1.82) is 0 Å². The Labute approximate surface area is 177 Å². The summed E-state index contributed by atoms with van der Waals surface area (Å²) in [5.41, 5.74) is 4.56. The molecule has 1 atom stereocenters. The van der Waals surface area contributed by atoms with Crippen LogP contribution in [0.1, 0.15) is 35.3 Å². The predicted octanol–water partition coefficient (Wildman–Crippen LogP) is 3.36. The van der Waals surface area contributed by atoms with Gasteiger partial charge in [-0.05, 0) is 50.5 Å². The monoisotopic (exact) mass is 425 g/mol. The van der Waals surface area contributed by atoms with Crippen LogP contribution in [0.4, 0.5) is 11.6 Å². The van der Waals surface area contributed by atoms with Crippen LogP contribution in [0.2, 0.25) is 0 Å². The van der Waals surface area contributed by atoms with Gasteiger partial charge >= 0.3 is 0 Å². The number of nitrogens with zero attached hydrogens (tertiary/aromatic N) is 4. The molecule has 0 aliphatic carbocycles. The molecule has 1 aliphatic heterocycles. The Morgan fingerprint density at radius 3 is 2.53 bits per heavy atom. The second kappa shape index (κ2) is 7.83. The fraction of sp³-hybridized carbons (Fsp3) is 0.409. The van der Waals surface area contributed by atoms with Crippen molar-refractivity contribution in [3.8, 4) is 0 Å². The van der Waals surface area contributed by atoms with E-state index in [0.29, 0.717) is 18.9 Å². The molecule has 0 radical (unpaired) electrons. The highest BCUT2D eigenvalue weighted by molar-refractivity contribution is 7.91.